The number of anilines is 1. The normalized spacial score (nSPS) is 8.64. The van der Waals surface area contributed by atoms with Crippen LogP contribution in [0.3, 0.4) is 0 Å². The lowest BCUT2D eigenvalue weighted by Crippen LogP contribution is -1.98. The average Bonchev–Trinajstić information content (AvgIpc) is 2.03. The Morgan fingerprint density at radius 3 is 3.18 bits per heavy atom. The van der Waals surface area contributed by atoms with Crippen molar-refractivity contribution in [3.05, 3.63) is 18.3 Å². The van der Waals surface area contributed by atoms with Gasteiger partial charge in [-0.15, -0.1) is 0 Å². The van der Waals surface area contributed by atoms with Crippen LogP contribution >= 0.6 is 0 Å². The van der Waals surface area contributed by atoms with Crippen molar-refractivity contribution in [2.24, 2.45) is 0 Å². The Balaban J connectivity index is 2.71. The van der Waals surface area contributed by atoms with E-state index in [2.05, 4.69) is 4.98 Å². The van der Waals surface area contributed by atoms with Crippen molar-refractivity contribution in [2.45, 2.75) is 0 Å². The number of rotatable bonds is 2. The Kier molecular flexibility index (Phi) is 2.28. The van der Waals surface area contributed by atoms with Crippen molar-refractivity contribution in [2.75, 3.05) is 12.3 Å². The fourth-order valence-corrected chi connectivity index (χ4v) is 0.635. The van der Waals surface area contributed by atoms with Gasteiger partial charge >= 0.3 is 0 Å². The van der Waals surface area contributed by atoms with Crippen LogP contribution in [0.4, 0.5) is 5.82 Å². The van der Waals surface area contributed by atoms with E-state index >= 15 is 0 Å². The van der Waals surface area contributed by atoms with Crippen LogP contribution in [0.2, 0.25) is 0 Å². The highest BCUT2D eigenvalue weighted by molar-refractivity contribution is 5.44. The minimum Gasteiger partial charge on any atom is -0.475 e. The van der Waals surface area contributed by atoms with Gasteiger partial charge < -0.3 is 10.5 Å². The van der Waals surface area contributed by atoms with E-state index in [1.807, 2.05) is 6.07 Å². The van der Waals surface area contributed by atoms with E-state index < -0.39 is 0 Å². The summed E-state index contributed by atoms with van der Waals surface area (Å²) in [7, 11) is 0. The van der Waals surface area contributed by atoms with Crippen LogP contribution in [0, 0.1) is 11.3 Å². The van der Waals surface area contributed by atoms with Crippen molar-refractivity contribution in [3.8, 4) is 11.8 Å². The van der Waals surface area contributed by atoms with Gasteiger partial charge in [0.15, 0.2) is 18.2 Å². The fourth-order valence-electron chi connectivity index (χ4n) is 0.635. The molecule has 11 heavy (non-hydrogen) atoms. The van der Waals surface area contributed by atoms with Crippen molar-refractivity contribution < 1.29 is 4.74 Å². The van der Waals surface area contributed by atoms with E-state index in [1.165, 1.54) is 0 Å². The van der Waals surface area contributed by atoms with Gasteiger partial charge in [-0.1, -0.05) is 0 Å². The Labute approximate surface area is 64.2 Å². The number of nitrogens with two attached hydrogens (primary N) is 1. The predicted molar refractivity (Wildman–Crippen MR) is 39.8 cm³/mol. The SMILES string of the molecule is N#CCOc1cccnc1N. The number of nitrogens with zero attached hydrogens (tertiary/aromatic N) is 2. The number of pyridine rings is 1. The number of hydrogen-bond acceptors (Lipinski definition) is 4. The molecule has 4 nitrogen and oxygen atoms in total. The lowest BCUT2D eigenvalue weighted by atomic mass is 10.4. The number of nitrogen functional groups attached to an aromatic ring is 1. The number of ether oxygens (including phenoxy) is 1. The van der Waals surface area contributed by atoms with Crippen LogP contribution in [-0.2, 0) is 0 Å². The van der Waals surface area contributed by atoms with Crippen molar-refractivity contribution in [1.29, 1.82) is 5.26 Å². The maximum Gasteiger partial charge on any atom is 0.174 e. The Morgan fingerprint density at radius 1 is 1.73 bits per heavy atom. The largest absolute Gasteiger partial charge is 0.475 e. The number of nitriles is 1. The molecule has 0 atom stereocenters. The molecule has 0 aliphatic heterocycles. The zero-order valence-corrected chi connectivity index (χ0v) is 5.82. The van der Waals surface area contributed by atoms with Gasteiger partial charge in [0.1, 0.15) is 6.07 Å². The molecule has 0 aliphatic rings. The minimum absolute atomic E-state index is 0.00407. The molecule has 0 unspecified atom stereocenters. The van der Waals surface area contributed by atoms with Crippen LogP contribution in [0.1, 0.15) is 0 Å². The summed E-state index contributed by atoms with van der Waals surface area (Å²) < 4.78 is 4.94. The lowest BCUT2D eigenvalue weighted by Gasteiger charge is -2.01. The van der Waals surface area contributed by atoms with Crippen molar-refractivity contribution >= 4 is 5.82 Å². The average molecular weight is 149 g/mol. The summed E-state index contributed by atoms with van der Waals surface area (Å²) in [4.78, 5) is 3.78. The molecule has 0 saturated heterocycles. The molecule has 0 aliphatic carbocycles. The fraction of sp³-hybridized carbons (Fsp3) is 0.143. The van der Waals surface area contributed by atoms with E-state index in [1.54, 1.807) is 18.3 Å². The summed E-state index contributed by atoms with van der Waals surface area (Å²) >= 11 is 0. The van der Waals surface area contributed by atoms with Crippen LogP contribution in [0.25, 0.3) is 0 Å². The highest BCUT2D eigenvalue weighted by atomic mass is 16.5. The monoisotopic (exact) mass is 149 g/mol. The summed E-state index contributed by atoms with van der Waals surface area (Å²) in [5.41, 5.74) is 5.42. The molecule has 1 heterocycles. The van der Waals surface area contributed by atoms with Gasteiger partial charge in [-0.05, 0) is 12.1 Å². The molecular formula is C7H7N3O. The van der Waals surface area contributed by atoms with Gasteiger partial charge in [-0.3, -0.25) is 0 Å². The summed E-state index contributed by atoms with van der Waals surface area (Å²) in [5, 5.41) is 8.18. The molecule has 1 aromatic heterocycles. The molecule has 4 heteroatoms. The van der Waals surface area contributed by atoms with Gasteiger partial charge in [0, 0.05) is 6.20 Å². The first kappa shape index (κ1) is 7.35. The van der Waals surface area contributed by atoms with Gasteiger partial charge in [-0.25, -0.2) is 4.98 Å². The molecule has 0 aromatic carbocycles. The molecule has 1 rings (SSSR count). The molecule has 2 N–H and O–H groups in total. The lowest BCUT2D eigenvalue weighted by molar-refractivity contribution is 0.369. The van der Waals surface area contributed by atoms with Crippen LogP contribution in [0.5, 0.6) is 5.75 Å². The molecule has 56 valence electrons. The van der Waals surface area contributed by atoms with Crippen LogP contribution < -0.4 is 10.5 Å². The summed E-state index contributed by atoms with van der Waals surface area (Å²) in [6.07, 6.45) is 1.56. The smallest absolute Gasteiger partial charge is 0.174 e. The molecule has 0 spiro atoms. The molecular weight excluding hydrogens is 142 g/mol. The van der Waals surface area contributed by atoms with Gasteiger partial charge in [0.05, 0.1) is 0 Å². The molecule has 0 radical (unpaired) electrons. The molecule has 0 bridgehead atoms. The Morgan fingerprint density at radius 2 is 2.55 bits per heavy atom. The first-order chi connectivity index (χ1) is 5.34. The summed E-state index contributed by atoms with van der Waals surface area (Å²) in [6, 6.07) is 5.20. The van der Waals surface area contributed by atoms with Gasteiger partial charge in [0.25, 0.3) is 0 Å². The zero-order valence-electron chi connectivity index (χ0n) is 5.82. The van der Waals surface area contributed by atoms with Gasteiger partial charge in [0.2, 0.25) is 0 Å². The van der Waals surface area contributed by atoms with E-state index in [-0.39, 0.29) is 6.61 Å². The first-order valence-electron chi connectivity index (χ1n) is 3.05. The van der Waals surface area contributed by atoms with E-state index in [9.17, 15) is 0 Å². The summed E-state index contributed by atoms with van der Waals surface area (Å²) in [6.45, 7) is -0.00407. The third-order valence-electron chi connectivity index (χ3n) is 1.09. The third-order valence-corrected chi connectivity index (χ3v) is 1.09. The maximum absolute atomic E-state index is 8.18. The molecule has 0 fully saturated rings. The maximum atomic E-state index is 8.18. The highest BCUT2D eigenvalue weighted by Crippen LogP contribution is 2.15. The second kappa shape index (κ2) is 3.42. The van der Waals surface area contributed by atoms with Gasteiger partial charge in [-0.2, -0.15) is 5.26 Å². The van der Waals surface area contributed by atoms with E-state index in [0.717, 1.165) is 0 Å². The molecule has 0 amide bonds. The van der Waals surface area contributed by atoms with Crippen LogP contribution in [0.15, 0.2) is 18.3 Å². The Bertz CT molecular complexity index is 279. The topological polar surface area (TPSA) is 71.9 Å². The molecule has 0 saturated carbocycles. The number of aromatic nitrogens is 1. The number of hydrogen-bond donors (Lipinski definition) is 1. The predicted octanol–water partition coefficient (Wildman–Crippen LogP) is 0.566. The highest BCUT2D eigenvalue weighted by Gasteiger charge is 1.97. The second-order valence-corrected chi connectivity index (χ2v) is 1.83. The third kappa shape index (κ3) is 1.83. The summed E-state index contributed by atoms with van der Waals surface area (Å²) in [5.74, 6) is 0.761. The zero-order chi connectivity index (χ0) is 8.10. The van der Waals surface area contributed by atoms with E-state index in [0.29, 0.717) is 11.6 Å². The Hall–Kier alpha value is -1.76. The first-order valence-corrected chi connectivity index (χ1v) is 3.05. The standard InChI is InChI=1S/C7H7N3O/c8-3-5-11-6-2-1-4-10-7(6)9/h1-2,4H,5H2,(H2,9,10). The second-order valence-electron chi connectivity index (χ2n) is 1.83. The van der Waals surface area contributed by atoms with Crippen LogP contribution in [-0.4, -0.2) is 11.6 Å². The van der Waals surface area contributed by atoms with Crippen molar-refractivity contribution in [1.82, 2.24) is 4.98 Å². The minimum atomic E-state index is -0.00407. The molecule has 1 aromatic rings. The van der Waals surface area contributed by atoms with E-state index in [4.69, 9.17) is 15.7 Å². The quantitative estimate of drug-likeness (QED) is 0.667. The van der Waals surface area contributed by atoms with Crippen molar-refractivity contribution in [3.63, 3.8) is 0 Å².